The van der Waals surface area contributed by atoms with Gasteiger partial charge in [-0.05, 0) is 43.2 Å². The van der Waals surface area contributed by atoms with Gasteiger partial charge in [0.1, 0.15) is 5.69 Å². The molecule has 2 rings (SSSR count). The number of benzene rings is 1. The average Bonchev–Trinajstić information content (AvgIpc) is 2.70. The van der Waals surface area contributed by atoms with Gasteiger partial charge in [0.25, 0.3) is 5.91 Å². The minimum absolute atomic E-state index is 0.199. The summed E-state index contributed by atoms with van der Waals surface area (Å²) < 4.78 is 0.999. The van der Waals surface area contributed by atoms with Crippen LogP contribution in [0.4, 0.5) is 5.69 Å². The van der Waals surface area contributed by atoms with Crippen molar-refractivity contribution in [1.82, 2.24) is 4.98 Å². The van der Waals surface area contributed by atoms with Crippen molar-refractivity contribution in [3.63, 3.8) is 0 Å². The maximum absolute atomic E-state index is 12.0. The summed E-state index contributed by atoms with van der Waals surface area (Å²) in [4.78, 5) is 14.8. The van der Waals surface area contributed by atoms with Crippen LogP contribution in [-0.2, 0) is 0 Å². The summed E-state index contributed by atoms with van der Waals surface area (Å²) in [5, 5.41) is 3.40. The lowest BCUT2D eigenvalue weighted by Crippen LogP contribution is -2.14. The first-order valence-corrected chi connectivity index (χ1v) is 6.56. The summed E-state index contributed by atoms with van der Waals surface area (Å²) in [6, 6.07) is 5.52. The molecule has 3 nitrogen and oxygen atoms in total. The molecule has 0 atom stereocenters. The summed E-state index contributed by atoms with van der Waals surface area (Å²) in [5.41, 5.74) is 3.29. The largest absolute Gasteiger partial charge is 0.356 e. The van der Waals surface area contributed by atoms with Crippen LogP contribution < -0.4 is 5.32 Å². The second-order valence-electron chi connectivity index (χ2n) is 4.10. The van der Waals surface area contributed by atoms with Gasteiger partial charge in [0.05, 0.1) is 5.02 Å². The zero-order valence-corrected chi connectivity index (χ0v) is 12.3. The molecule has 0 spiro atoms. The summed E-state index contributed by atoms with van der Waals surface area (Å²) in [7, 11) is 0. The molecule has 2 aromatic rings. The molecule has 5 heteroatoms. The number of aromatic amines is 1. The number of anilines is 1. The lowest BCUT2D eigenvalue weighted by Gasteiger charge is -2.11. The van der Waals surface area contributed by atoms with Crippen LogP contribution >= 0.6 is 27.5 Å². The van der Waals surface area contributed by atoms with E-state index in [0.717, 1.165) is 21.3 Å². The van der Waals surface area contributed by atoms with Crippen molar-refractivity contribution >= 4 is 39.1 Å². The van der Waals surface area contributed by atoms with E-state index in [1.165, 1.54) is 0 Å². The molecule has 0 aliphatic heterocycles. The Bertz CT molecular complexity index is 584. The van der Waals surface area contributed by atoms with E-state index >= 15 is 0 Å². The molecular weight excluding hydrogens is 316 g/mol. The molecule has 1 aromatic carbocycles. The smallest absolute Gasteiger partial charge is 0.272 e. The second-order valence-corrected chi connectivity index (χ2v) is 5.45. The van der Waals surface area contributed by atoms with Gasteiger partial charge in [-0.2, -0.15) is 0 Å². The second kappa shape index (κ2) is 5.16. The van der Waals surface area contributed by atoms with E-state index in [2.05, 4.69) is 26.2 Å². The van der Waals surface area contributed by atoms with Crippen molar-refractivity contribution in [2.45, 2.75) is 13.8 Å². The predicted octanol–water partition coefficient (Wildman–Crippen LogP) is 4.30. The van der Waals surface area contributed by atoms with E-state index in [9.17, 15) is 4.79 Å². The molecule has 0 bridgehead atoms. The van der Waals surface area contributed by atoms with Gasteiger partial charge in [0.15, 0.2) is 0 Å². The van der Waals surface area contributed by atoms with Gasteiger partial charge in [0.2, 0.25) is 0 Å². The molecule has 0 saturated carbocycles. The molecule has 0 unspecified atom stereocenters. The number of H-pyrrole nitrogens is 1. The molecule has 0 radical (unpaired) electrons. The topological polar surface area (TPSA) is 44.9 Å². The first kappa shape index (κ1) is 13.2. The molecule has 94 valence electrons. The van der Waals surface area contributed by atoms with E-state index < -0.39 is 0 Å². The van der Waals surface area contributed by atoms with Crippen molar-refractivity contribution in [1.29, 1.82) is 0 Å². The molecule has 1 amide bonds. The third-order valence-corrected chi connectivity index (χ3v) is 3.30. The van der Waals surface area contributed by atoms with Crippen LogP contribution in [0.25, 0.3) is 0 Å². The van der Waals surface area contributed by atoms with Crippen LogP contribution in [0, 0.1) is 13.8 Å². The molecule has 2 N–H and O–H groups in total. The van der Waals surface area contributed by atoms with Crippen LogP contribution in [0.1, 0.15) is 21.6 Å². The highest BCUT2D eigenvalue weighted by molar-refractivity contribution is 9.10. The predicted molar refractivity (Wildman–Crippen MR) is 77.4 cm³/mol. The summed E-state index contributed by atoms with van der Waals surface area (Å²) in [6.07, 6.45) is 1.58. The average molecular weight is 328 g/mol. The number of halogens is 2. The minimum Gasteiger partial charge on any atom is -0.356 e. The molecule has 18 heavy (non-hydrogen) atoms. The fourth-order valence-electron chi connectivity index (χ4n) is 1.79. The van der Waals surface area contributed by atoms with Crippen molar-refractivity contribution in [2.24, 2.45) is 0 Å². The van der Waals surface area contributed by atoms with Gasteiger partial charge in [0, 0.05) is 16.4 Å². The normalized spacial score (nSPS) is 10.4. The third-order valence-electron chi connectivity index (χ3n) is 2.63. The van der Waals surface area contributed by atoms with Gasteiger partial charge in [-0.15, -0.1) is 0 Å². The number of rotatable bonds is 2. The Labute approximate surface area is 119 Å². The maximum Gasteiger partial charge on any atom is 0.272 e. The molecule has 0 saturated heterocycles. The van der Waals surface area contributed by atoms with Crippen molar-refractivity contribution in [3.8, 4) is 0 Å². The Morgan fingerprint density at radius 1 is 1.28 bits per heavy atom. The summed E-state index contributed by atoms with van der Waals surface area (Å²) >= 11 is 9.20. The fraction of sp³-hybridized carbons (Fsp3) is 0.154. The zero-order valence-electron chi connectivity index (χ0n) is 9.97. The fourth-order valence-corrected chi connectivity index (χ4v) is 2.64. The summed E-state index contributed by atoms with van der Waals surface area (Å²) in [6.45, 7) is 3.91. The van der Waals surface area contributed by atoms with Crippen molar-refractivity contribution in [2.75, 3.05) is 5.32 Å². The van der Waals surface area contributed by atoms with E-state index in [1.807, 2.05) is 26.0 Å². The standard InChI is InChI=1S/C13H12BrClN2O/c1-7-3-9(14)4-8(2)12(7)17-13(18)11-5-10(15)6-16-11/h3-6,16H,1-2H3,(H,17,18). The molecule has 1 aromatic heterocycles. The highest BCUT2D eigenvalue weighted by atomic mass is 79.9. The number of carbonyl (C=O) groups is 1. The van der Waals surface area contributed by atoms with Gasteiger partial charge >= 0.3 is 0 Å². The van der Waals surface area contributed by atoms with E-state index in [4.69, 9.17) is 11.6 Å². The monoisotopic (exact) mass is 326 g/mol. The zero-order chi connectivity index (χ0) is 13.3. The Morgan fingerprint density at radius 2 is 1.89 bits per heavy atom. The number of amides is 1. The number of aromatic nitrogens is 1. The van der Waals surface area contributed by atoms with E-state index in [-0.39, 0.29) is 5.91 Å². The van der Waals surface area contributed by atoms with E-state index in [1.54, 1.807) is 12.3 Å². The van der Waals surface area contributed by atoms with Crippen molar-refractivity contribution < 1.29 is 4.79 Å². The molecular formula is C13H12BrClN2O. The SMILES string of the molecule is Cc1cc(Br)cc(C)c1NC(=O)c1cc(Cl)c[nH]1. The highest BCUT2D eigenvalue weighted by Crippen LogP contribution is 2.25. The number of hydrogen-bond donors (Lipinski definition) is 2. The Hall–Kier alpha value is -1.26. The van der Waals surface area contributed by atoms with Crippen LogP contribution in [0.3, 0.4) is 0 Å². The molecule has 0 aliphatic carbocycles. The molecule has 1 heterocycles. The first-order valence-electron chi connectivity index (χ1n) is 5.39. The quantitative estimate of drug-likeness (QED) is 0.848. The Balaban J connectivity index is 2.27. The lowest BCUT2D eigenvalue weighted by atomic mass is 10.1. The van der Waals surface area contributed by atoms with Crippen LogP contribution in [0.15, 0.2) is 28.9 Å². The molecule has 0 aliphatic rings. The number of hydrogen-bond acceptors (Lipinski definition) is 1. The number of nitrogens with one attached hydrogen (secondary N) is 2. The Morgan fingerprint density at radius 3 is 2.39 bits per heavy atom. The van der Waals surface area contributed by atoms with Crippen LogP contribution in [0.5, 0.6) is 0 Å². The van der Waals surface area contributed by atoms with Gasteiger partial charge in [-0.25, -0.2) is 0 Å². The van der Waals surface area contributed by atoms with Gasteiger partial charge in [-0.3, -0.25) is 4.79 Å². The van der Waals surface area contributed by atoms with Crippen LogP contribution in [0.2, 0.25) is 5.02 Å². The third kappa shape index (κ3) is 2.76. The Kier molecular flexibility index (Phi) is 3.78. The maximum atomic E-state index is 12.0. The highest BCUT2D eigenvalue weighted by Gasteiger charge is 2.11. The lowest BCUT2D eigenvalue weighted by molar-refractivity contribution is 0.102. The van der Waals surface area contributed by atoms with Crippen molar-refractivity contribution in [3.05, 3.63) is 50.7 Å². The summed E-state index contributed by atoms with van der Waals surface area (Å²) in [5.74, 6) is -0.199. The number of aryl methyl sites for hydroxylation is 2. The van der Waals surface area contributed by atoms with Gasteiger partial charge < -0.3 is 10.3 Å². The minimum atomic E-state index is -0.199. The molecule has 0 fully saturated rings. The van der Waals surface area contributed by atoms with Gasteiger partial charge in [-0.1, -0.05) is 27.5 Å². The van der Waals surface area contributed by atoms with E-state index in [0.29, 0.717) is 10.7 Å². The first-order chi connectivity index (χ1) is 8.47. The van der Waals surface area contributed by atoms with Crippen LogP contribution in [-0.4, -0.2) is 10.9 Å². The number of carbonyl (C=O) groups excluding carboxylic acids is 1.